The highest BCUT2D eigenvalue weighted by atomic mass is 16.5. The average molecular weight is 420 g/mol. The lowest BCUT2D eigenvalue weighted by Gasteiger charge is -2.17. The van der Waals surface area contributed by atoms with Gasteiger partial charge in [-0.15, -0.1) is 0 Å². The fourth-order valence-corrected chi connectivity index (χ4v) is 2.88. The van der Waals surface area contributed by atoms with Crippen LogP contribution in [0.25, 0.3) is 0 Å². The van der Waals surface area contributed by atoms with Gasteiger partial charge in [0.2, 0.25) is 11.9 Å². The lowest BCUT2D eigenvalue weighted by Crippen LogP contribution is -2.29. The molecule has 1 aromatic carbocycles. The molecule has 31 heavy (non-hydrogen) atoms. The Morgan fingerprint density at radius 1 is 1.23 bits per heavy atom. The maximum Gasteiger partial charge on any atom is 0.257 e. The Labute approximate surface area is 178 Å². The molecule has 0 saturated carbocycles. The molecule has 2 N–H and O–H groups in total. The lowest BCUT2D eigenvalue weighted by molar-refractivity contribution is -0.121. The summed E-state index contributed by atoms with van der Waals surface area (Å²) in [6, 6.07) is 11.3. The first-order valence-electron chi connectivity index (χ1n) is 9.32. The van der Waals surface area contributed by atoms with E-state index in [9.17, 15) is 20.0 Å². The van der Waals surface area contributed by atoms with Crippen LogP contribution in [0.1, 0.15) is 33.3 Å². The summed E-state index contributed by atoms with van der Waals surface area (Å²) >= 11 is 0. The number of aliphatic hydroxyl groups is 1. The van der Waals surface area contributed by atoms with Gasteiger partial charge in [-0.2, -0.15) is 5.26 Å². The monoisotopic (exact) mass is 420 g/mol. The molecule has 3 aromatic rings. The first-order chi connectivity index (χ1) is 14.9. The van der Waals surface area contributed by atoms with Crippen LogP contribution in [0.15, 0.2) is 53.4 Å². The number of benzene rings is 1. The number of hydrogen-bond acceptors (Lipinski definition) is 8. The predicted molar refractivity (Wildman–Crippen MR) is 108 cm³/mol. The number of nitriles is 1. The van der Waals surface area contributed by atoms with Crippen molar-refractivity contribution in [2.75, 3.05) is 12.4 Å². The Morgan fingerprint density at radius 2 is 1.90 bits per heavy atom. The number of aromatic nitrogens is 3. The molecule has 2 atom stereocenters. The van der Waals surface area contributed by atoms with E-state index in [4.69, 9.17) is 4.52 Å². The molecule has 0 aliphatic heterocycles. The van der Waals surface area contributed by atoms with Gasteiger partial charge in [-0.1, -0.05) is 35.5 Å². The van der Waals surface area contributed by atoms with Crippen LogP contribution in [0.4, 0.5) is 5.95 Å². The van der Waals surface area contributed by atoms with Gasteiger partial charge in [-0.25, -0.2) is 9.97 Å². The van der Waals surface area contributed by atoms with Gasteiger partial charge in [0.1, 0.15) is 11.9 Å². The van der Waals surface area contributed by atoms with Crippen molar-refractivity contribution in [3.63, 3.8) is 0 Å². The van der Waals surface area contributed by atoms with Crippen molar-refractivity contribution in [2.24, 2.45) is 5.92 Å². The number of rotatable bonds is 7. The molecule has 0 aliphatic rings. The summed E-state index contributed by atoms with van der Waals surface area (Å²) < 4.78 is 4.86. The summed E-state index contributed by atoms with van der Waals surface area (Å²) in [4.78, 5) is 34.4. The third-order valence-corrected chi connectivity index (χ3v) is 4.59. The van der Waals surface area contributed by atoms with E-state index in [0.29, 0.717) is 12.3 Å². The SMILES string of the molecule is Cc1oncc1C(O)C(C#N)C(=O)Nc1ncc(C(=O)N(C)Cc2ccccc2)cn1. The Kier molecular flexibility index (Phi) is 6.69. The van der Waals surface area contributed by atoms with Crippen molar-refractivity contribution in [3.05, 3.63) is 71.4 Å². The van der Waals surface area contributed by atoms with E-state index in [0.717, 1.165) is 5.56 Å². The molecule has 2 heterocycles. The number of aryl methyl sites for hydroxylation is 1. The van der Waals surface area contributed by atoms with Crippen molar-refractivity contribution >= 4 is 17.8 Å². The zero-order valence-electron chi connectivity index (χ0n) is 16.9. The quantitative estimate of drug-likeness (QED) is 0.589. The van der Waals surface area contributed by atoms with Gasteiger partial charge in [0, 0.05) is 31.5 Å². The van der Waals surface area contributed by atoms with Crippen LogP contribution in [-0.2, 0) is 11.3 Å². The van der Waals surface area contributed by atoms with Crippen LogP contribution in [0.3, 0.4) is 0 Å². The van der Waals surface area contributed by atoms with Crippen LogP contribution in [0.2, 0.25) is 0 Å². The summed E-state index contributed by atoms with van der Waals surface area (Å²) in [5.41, 5.74) is 1.46. The number of aliphatic hydroxyl groups excluding tert-OH is 1. The van der Waals surface area contributed by atoms with Gasteiger partial charge in [-0.3, -0.25) is 14.9 Å². The van der Waals surface area contributed by atoms with E-state index in [1.165, 1.54) is 23.5 Å². The molecule has 0 fully saturated rings. The minimum atomic E-state index is -1.43. The van der Waals surface area contributed by atoms with Crippen molar-refractivity contribution in [1.29, 1.82) is 5.26 Å². The first-order valence-corrected chi connectivity index (χ1v) is 9.32. The fraction of sp³-hybridized carbons (Fsp3) is 0.238. The summed E-state index contributed by atoms with van der Waals surface area (Å²) in [6.07, 6.45) is 2.40. The minimum absolute atomic E-state index is 0.0956. The van der Waals surface area contributed by atoms with E-state index in [1.807, 2.05) is 30.3 Å². The van der Waals surface area contributed by atoms with Crippen LogP contribution >= 0.6 is 0 Å². The van der Waals surface area contributed by atoms with Crippen molar-refractivity contribution in [2.45, 2.75) is 19.6 Å². The van der Waals surface area contributed by atoms with E-state index in [1.54, 1.807) is 20.0 Å². The number of hydrogen-bond donors (Lipinski definition) is 2. The van der Waals surface area contributed by atoms with Gasteiger partial charge in [0.25, 0.3) is 5.91 Å². The Bertz CT molecular complexity index is 1090. The van der Waals surface area contributed by atoms with Gasteiger partial charge in [0.05, 0.1) is 17.8 Å². The normalized spacial score (nSPS) is 12.5. The molecular formula is C21H20N6O4. The van der Waals surface area contributed by atoms with Crippen LogP contribution in [0.5, 0.6) is 0 Å². The third-order valence-electron chi connectivity index (χ3n) is 4.59. The lowest BCUT2D eigenvalue weighted by atomic mass is 9.97. The molecule has 0 saturated heterocycles. The summed E-state index contributed by atoms with van der Waals surface area (Å²) in [5, 5.41) is 25.5. The predicted octanol–water partition coefficient (Wildman–Crippen LogP) is 1.86. The zero-order valence-corrected chi connectivity index (χ0v) is 16.9. The average Bonchev–Trinajstić information content (AvgIpc) is 3.20. The van der Waals surface area contributed by atoms with Gasteiger partial charge >= 0.3 is 0 Å². The Hall–Kier alpha value is -4.10. The highest BCUT2D eigenvalue weighted by molar-refractivity contribution is 5.95. The van der Waals surface area contributed by atoms with Gasteiger partial charge < -0.3 is 14.5 Å². The highest BCUT2D eigenvalue weighted by Gasteiger charge is 2.31. The number of nitrogens with one attached hydrogen (secondary N) is 1. The second kappa shape index (κ2) is 9.60. The van der Waals surface area contributed by atoms with Crippen molar-refractivity contribution < 1.29 is 19.2 Å². The Balaban J connectivity index is 1.64. The third kappa shape index (κ3) is 5.09. The molecule has 2 aromatic heterocycles. The fourth-order valence-electron chi connectivity index (χ4n) is 2.88. The van der Waals surface area contributed by atoms with Gasteiger partial charge in [-0.05, 0) is 12.5 Å². The highest BCUT2D eigenvalue weighted by Crippen LogP contribution is 2.25. The van der Waals surface area contributed by atoms with Crippen LogP contribution in [0, 0.1) is 24.2 Å². The minimum Gasteiger partial charge on any atom is -0.386 e. The van der Waals surface area contributed by atoms with Gasteiger partial charge in [0.15, 0.2) is 5.92 Å². The van der Waals surface area contributed by atoms with Crippen LogP contribution in [-0.4, -0.2) is 44.0 Å². The van der Waals surface area contributed by atoms with E-state index < -0.39 is 17.9 Å². The number of carbonyl (C=O) groups excluding carboxylic acids is 2. The molecule has 0 aliphatic carbocycles. The second-order valence-corrected chi connectivity index (χ2v) is 6.82. The van der Waals surface area contributed by atoms with E-state index >= 15 is 0 Å². The van der Waals surface area contributed by atoms with Crippen molar-refractivity contribution in [1.82, 2.24) is 20.0 Å². The molecule has 3 rings (SSSR count). The standard InChI is InChI=1S/C21H20N6O4/c1-13-17(11-25-31-13)18(28)16(8-22)19(29)26-21-23-9-15(10-24-21)20(30)27(2)12-14-6-4-3-5-7-14/h3-7,9-11,16,18,28H,12H2,1-2H3,(H,23,24,26,29). The molecule has 10 heteroatoms. The summed E-state index contributed by atoms with van der Waals surface area (Å²) in [5.74, 6) is -2.30. The van der Waals surface area contributed by atoms with E-state index in [2.05, 4.69) is 20.4 Å². The number of nitrogens with zero attached hydrogens (tertiary/aromatic N) is 5. The molecule has 0 radical (unpaired) electrons. The maximum absolute atomic E-state index is 12.6. The molecule has 2 amide bonds. The second-order valence-electron chi connectivity index (χ2n) is 6.82. The first kappa shape index (κ1) is 21.6. The largest absolute Gasteiger partial charge is 0.386 e. The summed E-state index contributed by atoms with van der Waals surface area (Å²) in [7, 11) is 1.66. The molecule has 158 valence electrons. The smallest absolute Gasteiger partial charge is 0.257 e. The molecule has 0 bridgehead atoms. The molecule has 10 nitrogen and oxygen atoms in total. The number of carbonyl (C=O) groups is 2. The Morgan fingerprint density at radius 3 is 2.48 bits per heavy atom. The number of amides is 2. The molecular weight excluding hydrogens is 400 g/mol. The van der Waals surface area contributed by atoms with Crippen LogP contribution < -0.4 is 5.32 Å². The molecule has 2 unspecified atom stereocenters. The number of anilines is 1. The van der Waals surface area contributed by atoms with E-state index in [-0.39, 0.29) is 23.0 Å². The summed E-state index contributed by atoms with van der Waals surface area (Å²) in [6.45, 7) is 1.98. The molecule has 0 spiro atoms. The topological polar surface area (TPSA) is 145 Å². The zero-order chi connectivity index (χ0) is 22.4. The van der Waals surface area contributed by atoms with Crippen molar-refractivity contribution in [3.8, 4) is 6.07 Å². The maximum atomic E-state index is 12.6.